The lowest BCUT2D eigenvalue weighted by atomic mass is 10.0. The quantitative estimate of drug-likeness (QED) is 0.0565. The van der Waals surface area contributed by atoms with Gasteiger partial charge in [-0.05, 0) is 36.8 Å². The van der Waals surface area contributed by atoms with E-state index in [0.29, 0.717) is 19.5 Å². The molecule has 0 heterocycles. The first kappa shape index (κ1) is 32.1. The maximum atomic E-state index is 11.9. The average Bonchev–Trinajstić information content (AvgIpc) is 2.87. The van der Waals surface area contributed by atoms with Gasteiger partial charge in [0.15, 0.2) is 11.5 Å². The lowest BCUT2D eigenvalue weighted by Crippen LogP contribution is -2.40. The molecule has 0 aliphatic rings. The molecule has 0 aliphatic carbocycles. The highest BCUT2D eigenvalue weighted by atomic mass is 32.2. The first-order valence-corrected chi connectivity index (χ1v) is 15.2. The number of unbranched alkanes of at least 4 members (excludes halogenated alkanes) is 15. The Kier molecular flexibility index (Phi) is 19.9. The highest BCUT2D eigenvalue weighted by Crippen LogP contribution is 2.30. The van der Waals surface area contributed by atoms with Crippen molar-refractivity contribution in [3.05, 3.63) is 18.2 Å². The number of rotatable bonds is 22. The topological polar surface area (TPSA) is 98.7 Å². The van der Waals surface area contributed by atoms with Crippen molar-refractivity contribution in [2.45, 2.75) is 121 Å². The number of amides is 2. The van der Waals surface area contributed by atoms with Gasteiger partial charge < -0.3 is 20.8 Å². The van der Waals surface area contributed by atoms with Gasteiger partial charge in [0.2, 0.25) is 0 Å². The van der Waals surface area contributed by atoms with E-state index in [4.69, 9.17) is 0 Å². The van der Waals surface area contributed by atoms with Crippen molar-refractivity contribution < 1.29 is 19.8 Å². The van der Waals surface area contributed by atoms with E-state index < -0.39 is 11.8 Å². The van der Waals surface area contributed by atoms with Crippen molar-refractivity contribution in [2.75, 3.05) is 18.8 Å². The Hall–Kier alpha value is -1.89. The normalized spacial score (nSPS) is 10.9. The molecular formula is C29H50N2O4S. The minimum absolute atomic E-state index is 0.141. The Morgan fingerprint density at radius 2 is 1.08 bits per heavy atom. The first-order chi connectivity index (χ1) is 17.5. The smallest absolute Gasteiger partial charge is 0.309 e. The summed E-state index contributed by atoms with van der Waals surface area (Å²) < 4.78 is 0. The Morgan fingerprint density at radius 1 is 0.639 bits per heavy atom. The minimum Gasteiger partial charge on any atom is -0.504 e. The number of nitrogens with one attached hydrogen (secondary N) is 2. The van der Waals surface area contributed by atoms with Crippen LogP contribution >= 0.6 is 11.8 Å². The SMILES string of the molecule is CCCCCCCCCCCCCCCCCCNC(=O)C(=O)NCCCSc1ccc(O)c(O)c1. The molecule has 36 heavy (non-hydrogen) atoms. The molecule has 0 bridgehead atoms. The van der Waals surface area contributed by atoms with E-state index in [9.17, 15) is 19.8 Å². The number of hydrogen-bond donors (Lipinski definition) is 4. The lowest BCUT2D eigenvalue weighted by molar-refractivity contribution is -0.139. The Morgan fingerprint density at radius 3 is 1.56 bits per heavy atom. The van der Waals surface area contributed by atoms with Gasteiger partial charge in [0, 0.05) is 18.0 Å². The predicted molar refractivity (Wildman–Crippen MR) is 151 cm³/mol. The molecule has 6 nitrogen and oxygen atoms in total. The van der Waals surface area contributed by atoms with Gasteiger partial charge >= 0.3 is 11.8 Å². The summed E-state index contributed by atoms with van der Waals surface area (Å²) in [5.74, 6) is -0.706. The van der Waals surface area contributed by atoms with Gasteiger partial charge in [-0.1, -0.05) is 103 Å². The number of aromatic hydroxyl groups is 2. The van der Waals surface area contributed by atoms with Crippen LogP contribution < -0.4 is 10.6 Å². The number of thioether (sulfide) groups is 1. The van der Waals surface area contributed by atoms with E-state index in [1.54, 1.807) is 6.07 Å². The average molecular weight is 523 g/mol. The van der Waals surface area contributed by atoms with Crippen molar-refractivity contribution in [3.8, 4) is 11.5 Å². The summed E-state index contributed by atoms with van der Waals surface area (Å²) in [4.78, 5) is 24.6. The fourth-order valence-corrected chi connectivity index (χ4v) is 4.98. The third-order valence-corrected chi connectivity index (χ3v) is 7.42. The number of phenolic OH excluding ortho intramolecular Hbond substituents is 2. The van der Waals surface area contributed by atoms with E-state index in [1.165, 1.54) is 114 Å². The van der Waals surface area contributed by atoms with Crippen LogP contribution in [0, 0.1) is 0 Å². The molecule has 1 aromatic carbocycles. The van der Waals surface area contributed by atoms with Crippen molar-refractivity contribution >= 4 is 23.6 Å². The molecule has 7 heteroatoms. The number of hydrogen-bond acceptors (Lipinski definition) is 5. The standard InChI is InChI=1S/C29H50N2O4S/c1-2-3-4-5-6-7-8-9-10-11-12-13-14-15-16-17-21-30-28(34)29(35)31-22-18-23-36-25-19-20-26(32)27(33)24-25/h19-20,24,32-33H,2-18,21-23H2,1H3,(H,30,34)(H,31,35). The number of carbonyl (C=O) groups excluding carboxylic acids is 2. The number of phenols is 2. The second-order valence-electron chi connectivity index (χ2n) is 9.67. The zero-order chi connectivity index (χ0) is 26.3. The van der Waals surface area contributed by atoms with Crippen molar-refractivity contribution in [3.63, 3.8) is 0 Å². The van der Waals surface area contributed by atoms with Crippen LogP contribution in [0.25, 0.3) is 0 Å². The highest BCUT2D eigenvalue weighted by molar-refractivity contribution is 7.99. The van der Waals surface area contributed by atoms with Crippen LogP contribution in [0.4, 0.5) is 0 Å². The molecule has 0 fully saturated rings. The lowest BCUT2D eigenvalue weighted by Gasteiger charge is -2.07. The van der Waals surface area contributed by atoms with Crippen molar-refractivity contribution in [1.82, 2.24) is 10.6 Å². The van der Waals surface area contributed by atoms with Crippen LogP contribution in [0.15, 0.2) is 23.1 Å². The summed E-state index contributed by atoms with van der Waals surface area (Å²) in [6.45, 7) is 3.23. The van der Waals surface area contributed by atoms with Gasteiger partial charge in [-0.25, -0.2) is 0 Å². The minimum atomic E-state index is -0.584. The maximum Gasteiger partial charge on any atom is 0.309 e. The molecule has 0 atom stereocenters. The van der Waals surface area contributed by atoms with Crippen molar-refractivity contribution in [1.29, 1.82) is 0 Å². The zero-order valence-corrected chi connectivity index (χ0v) is 23.3. The number of carbonyl (C=O) groups is 2. The van der Waals surface area contributed by atoms with Crippen LogP contribution in [0.1, 0.15) is 116 Å². The van der Waals surface area contributed by atoms with Gasteiger partial charge in [-0.15, -0.1) is 11.8 Å². The molecule has 206 valence electrons. The summed E-state index contributed by atoms with van der Waals surface area (Å²) in [7, 11) is 0. The van der Waals surface area contributed by atoms with Gasteiger partial charge in [-0.2, -0.15) is 0 Å². The molecule has 0 aromatic heterocycles. The van der Waals surface area contributed by atoms with Crippen LogP contribution in [0.3, 0.4) is 0 Å². The van der Waals surface area contributed by atoms with Crippen LogP contribution in [-0.2, 0) is 9.59 Å². The molecular weight excluding hydrogens is 472 g/mol. The first-order valence-electron chi connectivity index (χ1n) is 14.3. The van der Waals surface area contributed by atoms with Gasteiger partial charge in [-0.3, -0.25) is 9.59 Å². The summed E-state index contributed by atoms with van der Waals surface area (Å²) in [6.07, 6.45) is 21.7. The second kappa shape index (κ2) is 22.3. The molecule has 4 N–H and O–H groups in total. The van der Waals surface area contributed by atoms with Crippen LogP contribution in [-0.4, -0.2) is 40.9 Å². The van der Waals surface area contributed by atoms with E-state index in [1.807, 2.05) is 0 Å². The number of benzene rings is 1. The molecule has 0 aliphatic heterocycles. The molecule has 1 aromatic rings. The maximum absolute atomic E-state index is 11.9. The fourth-order valence-electron chi connectivity index (χ4n) is 4.09. The Labute approximate surface area is 223 Å². The fraction of sp³-hybridized carbons (Fsp3) is 0.724. The van der Waals surface area contributed by atoms with Crippen LogP contribution in [0.2, 0.25) is 0 Å². The second-order valence-corrected chi connectivity index (χ2v) is 10.8. The summed E-state index contributed by atoms with van der Waals surface area (Å²) in [6, 6.07) is 4.68. The molecule has 0 unspecified atom stereocenters. The molecule has 0 spiro atoms. The van der Waals surface area contributed by atoms with Gasteiger partial charge in [0.25, 0.3) is 0 Å². The molecule has 0 radical (unpaired) electrons. The van der Waals surface area contributed by atoms with E-state index in [-0.39, 0.29) is 11.5 Å². The van der Waals surface area contributed by atoms with E-state index in [2.05, 4.69) is 17.6 Å². The Balaban J connectivity index is 1.84. The third kappa shape index (κ3) is 17.5. The van der Waals surface area contributed by atoms with Gasteiger partial charge in [0.1, 0.15) is 0 Å². The summed E-state index contributed by atoms with van der Waals surface area (Å²) in [5.41, 5.74) is 0. The molecule has 0 saturated carbocycles. The largest absolute Gasteiger partial charge is 0.504 e. The predicted octanol–water partition coefficient (Wildman–Crippen LogP) is 7.07. The molecule has 0 saturated heterocycles. The zero-order valence-electron chi connectivity index (χ0n) is 22.5. The van der Waals surface area contributed by atoms with Crippen molar-refractivity contribution in [2.24, 2.45) is 0 Å². The summed E-state index contributed by atoms with van der Waals surface area (Å²) >= 11 is 1.51. The highest BCUT2D eigenvalue weighted by Gasteiger charge is 2.11. The van der Waals surface area contributed by atoms with Crippen LogP contribution in [0.5, 0.6) is 11.5 Å². The van der Waals surface area contributed by atoms with E-state index in [0.717, 1.165) is 23.5 Å². The monoisotopic (exact) mass is 522 g/mol. The Bertz CT molecular complexity index is 715. The molecule has 2 amide bonds. The summed E-state index contributed by atoms with van der Waals surface area (Å²) in [5, 5.41) is 24.1. The third-order valence-electron chi connectivity index (χ3n) is 6.34. The van der Waals surface area contributed by atoms with E-state index >= 15 is 0 Å². The molecule has 1 rings (SSSR count). The van der Waals surface area contributed by atoms with Gasteiger partial charge in [0.05, 0.1) is 0 Å².